The zero-order valence-corrected chi connectivity index (χ0v) is 21.4. The predicted molar refractivity (Wildman–Crippen MR) is 145 cm³/mol. The molecule has 1 aliphatic heterocycles. The van der Waals surface area contributed by atoms with Crippen molar-refractivity contribution in [1.82, 2.24) is 10.2 Å². The molecule has 0 spiro atoms. The fourth-order valence-corrected chi connectivity index (χ4v) is 6.27. The highest BCUT2D eigenvalue weighted by molar-refractivity contribution is 8.00. The minimum atomic E-state index is -0.719. The molecule has 1 atom stereocenters. The summed E-state index contributed by atoms with van der Waals surface area (Å²) < 4.78 is 12.5. The minimum absolute atomic E-state index is 0.0317. The van der Waals surface area contributed by atoms with Gasteiger partial charge in [0.05, 0.1) is 23.6 Å². The molecule has 0 saturated carbocycles. The second-order valence-corrected chi connectivity index (χ2v) is 10.6. The van der Waals surface area contributed by atoms with E-state index in [2.05, 4.69) is 22.3 Å². The number of hydrogen-bond donors (Lipinski definition) is 0. The maximum atomic E-state index is 13.8. The third-order valence-corrected chi connectivity index (χ3v) is 8.20. The van der Waals surface area contributed by atoms with E-state index < -0.39 is 11.9 Å². The molecule has 0 aliphatic carbocycles. The number of aromatic nitrogens is 2. The van der Waals surface area contributed by atoms with Crippen LogP contribution in [0.3, 0.4) is 0 Å². The van der Waals surface area contributed by atoms with Crippen LogP contribution in [-0.4, -0.2) is 22.7 Å². The van der Waals surface area contributed by atoms with E-state index in [1.807, 2.05) is 49.4 Å². The van der Waals surface area contributed by atoms with Crippen LogP contribution in [0.5, 0.6) is 5.75 Å². The van der Waals surface area contributed by atoms with Gasteiger partial charge in [0.2, 0.25) is 10.9 Å². The molecule has 184 valence electrons. The van der Waals surface area contributed by atoms with E-state index >= 15 is 0 Å². The summed E-state index contributed by atoms with van der Waals surface area (Å²) in [6.45, 7) is 2.41. The number of fused-ring (bicyclic) bond motifs is 2. The van der Waals surface area contributed by atoms with E-state index in [1.54, 1.807) is 36.0 Å². The maximum Gasteiger partial charge on any atom is 0.297 e. The average Bonchev–Trinajstić information content (AvgIpc) is 3.51. The predicted octanol–water partition coefficient (Wildman–Crippen LogP) is 6.09. The van der Waals surface area contributed by atoms with E-state index in [9.17, 15) is 9.59 Å². The van der Waals surface area contributed by atoms with Crippen LogP contribution in [0.2, 0.25) is 0 Å². The Morgan fingerprint density at radius 1 is 1.00 bits per heavy atom. The number of para-hydroxylation sites is 1. The number of carbonyl (C=O) groups is 1. The van der Waals surface area contributed by atoms with E-state index in [4.69, 9.17) is 9.15 Å². The molecule has 0 radical (unpaired) electrons. The summed E-state index contributed by atoms with van der Waals surface area (Å²) in [5.74, 6) is 1.00. The number of nitrogens with zero attached hydrogens (tertiary/aromatic N) is 3. The lowest BCUT2D eigenvalue weighted by Crippen LogP contribution is -2.29. The molecule has 7 nitrogen and oxygen atoms in total. The molecular weight excluding hydrogens is 506 g/mol. The van der Waals surface area contributed by atoms with Crippen LogP contribution >= 0.6 is 23.1 Å². The third-order valence-electron chi connectivity index (χ3n) is 6.07. The topological polar surface area (TPSA) is 85.5 Å². The van der Waals surface area contributed by atoms with Gasteiger partial charge in [-0.05, 0) is 42.3 Å². The van der Waals surface area contributed by atoms with Gasteiger partial charge < -0.3 is 9.15 Å². The zero-order valence-electron chi connectivity index (χ0n) is 19.8. The Kier molecular flexibility index (Phi) is 6.23. The largest absolute Gasteiger partial charge is 0.494 e. The molecule has 0 N–H and O–H groups in total. The standard InChI is InChI=1S/C28H21N3O4S2/c1-2-34-19-12-8-11-18(15-19)23-22-24(32)20-13-6-7-14-21(20)35-25(22)26(33)31(23)27-29-30-28(37-27)36-16-17-9-4-3-5-10-17/h3-15,23H,2,16H2,1H3. The van der Waals surface area contributed by atoms with Gasteiger partial charge >= 0.3 is 0 Å². The van der Waals surface area contributed by atoms with Crippen molar-refractivity contribution >= 4 is 45.1 Å². The Balaban J connectivity index is 1.44. The number of benzene rings is 3. The van der Waals surface area contributed by atoms with Crippen molar-refractivity contribution < 1.29 is 13.9 Å². The van der Waals surface area contributed by atoms with Crippen LogP contribution in [-0.2, 0) is 5.75 Å². The molecule has 1 unspecified atom stereocenters. The van der Waals surface area contributed by atoms with Gasteiger partial charge in [-0.2, -0.15) is 0 Å². The maximum absolute atomic E-state index is 13.8. The van der Waals surface area contributed by atoms with E-state index in [1.165, 1.54) is 21.8 Å². The summed E-state index contributed by atoms with van der Waals surface area (Å²) in [5, 5.41) is 9.52. The van der Waals surface area contributed by atoms with Crippen LogP contribution in [0.15, 0.2) is 92.4 Å². The first-order valence-electron chi connectivity index (χ1n) is 11.8. The molecule has 0 bridgehead atoms. The molecule has 6 rings (SSSR count). The second-order valence-electron chi connectivity index (χ2n) is 8.38. The van der Waals surface area contributed by atoms with Gasteiger partial charge in [0.15, 0.2) is 9.77 Å². The van der Waals surface area contributed by atoms with Crippen LogP contribution in [0.25, 0.3) is 11.0 Å². The normalized spacial score (nSPS) is 14.8. The summed E-state index contributed by atoms with van der Waals surface area (Å²) >= 11 is 2.87. The van der Waals surface area contributed by atoms with Crippen molar-refractivity contribution in [3.8, 4) is 5.75 Å². The van der Waals surface area contributed by atoms with E-state index in [0.717, 1.165) is 15.7 Å². The first kappa shape index (κ1) is 23.4. The number of ether oxygens (including phenoxy) is 1. The summed E-state index contributed by atoms with van der Waals surface area (Å²) in [4.78, 5) is 29.0. The van der Waals surface area contributed by atoms with Crippen LogP contribution < -0.4 is 15.1 Å². The number of rotatable bonds is 7. The molecule has 1 amide bonds. The highest BCUT2D eigenvalue weighted by atomic mass is 32.2. The average molecular weight is 528 g/mol. The van der Waals surface area contributed by atoms with Gasteiger partial charge in [-0.3, -0.25) is 14.5 Å². The summed E-state index contributed by atoms with van der Waals surface area (Å²) in [6, 6.07) is 23.8. The van der Waals surface area contributed by atoms with Crippen molar-refractivity contribution in [3.05, 3.63) is 112 Å². The lowest BCUT2D eigenvalue weighted by molar-refractivity contribution is 0.0970. The monoisotopic (exact) mass is 527 g/mol. The fraction of sp³-hybridized carbons (Fsp3) is 0.143. The van der Waals surface area contributed by atoms with Crippen molar-refractivity contribution in [1.29, 1.82) is 0 Å². The first-order valence-corrected chi connectivity index (χ1v) is 13.6. The summed E-state index contributed by atoms with van der Waals surface area (Å²) in [7, 11) is 0. The molecule has 0 fully saturated rings. The molecule has 0 saturated heterocycles. The van der Waals surface area contributed by atoms with E-state index in [-0.39, 0.29) is 11.2 Å². The van der Waals surface area contributed by atoms with Crippen molar-refractivity contribution in [2.24, 2.45) is 0 Å². The van der Waals surface area contributed by atoms with Crippen molar-refractivity contribution in [2.45, 2.75) is 23.1 Å². The molecule has 1 aliphatic rings. The molecule has 3 aromatic carbocycles. The van der Waals surface area contributed by atoms with Gasteiger partial charge in [0.1, 0.15) is 11.3 Å². The first-order chi connectivity index (χ1) is 18.1. The SMILES string of the molecule is CCOc1cccc(C2c3c(oc4ccccc4c3=O)C(=O)N2c2nnc(SCc3ccccc3)s2)c1. The Morgan fingerprint density at radius 3 is 2.65 bits per heavy atom. The Bertz CT molecular complexity index is 1670. The lowest BCUT2D eigenvalue weighted by atomic mass is 9.98. The quantitative estimate of drug-likeness (QED) is 0.187. The van der Waals surface area contributed by atoms with Gasteiger partial charge in [-0.15, -0.1) is 10.2 Å². The molecule has 9 heteroatoms. The highest BCUT2D eigenvalue weighted by Crippen LogP contribution is 2.43. The Labute approximate surface area is 220 Å². The third kappa shape index (κ3) is 4.30. The Morgan fingerprint density at radius 2 is 1.81 bits per heavy atom. The summed E-state index contributed by atoms with van der Waals surface area (Å²) in [6.07, 6.45) is 0. The number of carbonyl (C=O) groups excluding carboxylic acids is 1. The van der Waals surface area contributed by atoms with Gasteiger partial charge in [-0.25, -0.2) is 0 Å². The van der Waals surface area contributed by atoms with Gasteiger partial charge in [-0.1, -0.05) is 77.7 Å². The highest BCUT2D eigenvalue weighted by Gasteiger charge is 2.45. The molecular formula is C28H21N3O4S2. The van der Waals surface area contributed by atoms with Gasteiger partial charge in [0.25, 0.3) is 5.91 Å². The molecule has 2 aromatic heterocycles. The number of hydrogen-bond acceptors (Lipinski definition) is 8. The minimum Gasteiger partial charge on any atom is -0.494 e. The van der Waals surface area contributed by atoms with Crippen molar-refractivity contribution in [3.63, 3.8) is 0 Å². The van der Waals surface area contributed by atoms with Gasteiger partial charge in [0, 0.05) is 5.75 Å². The fourth-order valence-electron chi connectivity index (χ4n) is 4.45. The van der Waals surface area contributed by atoms with Crippen LogP contribution in [0.1, 0.15) is 40.2 Å². The lowest BCUT2D eigenvalue weighted by Gasteiger charge is -2.22. The zero-order chi connectivity index (χ0) is 25.4. The Hall–Kier alpha value is -3.95. The number of anilines is 1. The molecule has 5 aromatic rings. The van der Waals surface area contributed by atoms with E-state index in [0.29, 0.717) is 34.0 Å². The molecule has 3 heterocycles. The van der Waals surface area contributed by atoms with Crippen LogP contribution in [0.4, 0.5) is 5.13 Å². The molecule has 37 heavy (non-hydrogen) atoms. The van der Waals surface area contributed by atoms with Crippen molar-refractivity contribution in [2.75, 3.05) is 11.5 Å². The number of amides is 1. The second kappa shape index (κ2) is 9.84. The summed E-state index contributed by atoms with van der Waals surface area (Å²) in [5.41, 5.74) is 2.34. The smallest absolute Gasteiger partial charge is 0.297 e. The number of thioether (sulfide) groups is 1. The van der Waals surface area contributed by atoms with Crippen LogP contribution in [0, 0.1) is 0 Å².